The molecule has 0 saturated carbocycles. The molecule has 1 nitrogen and oxygen atoms in total. The van der Waals surface area contributed by atoms with Crippen molar-refractivity contribution < 1.29 is 0 Å². The molecule has 1 heterocycles. The summed E-state index contributed by atoms with van der Waals surface area (Å²) >= 11 is 0. The van der Waals surface area contributed by atoms with Crippen molar-refractivity contribution in [3.8, 4) is 0 Å². The molecule has 1 aliphatic heterocycles. The smallest absolute Gasteiger partial charge is 0.0362 e. The van der Waals surface area contributed by atoms with Crippen LogP contribution in [0.25, 0.3) is 0 Å². The van der Waals surface area contributed by atoms with Gasteiger partial charge < -0.3 is 4.90 Å². The Hall–Kier alpha value is -0.980. The zero-order valence-corrected chi connectivity index (χ0v) is 6.59. The van der Waals surface area contributed by atoms with Crippen LogP contribution >= 0.6 is 0 Å². The van der Waals surface area contributed by atoms with E-state index >= 15 is 0 Å². The highest BCUT2D eigenvalue weighted by Gasteiger charge is 2.05. The summed E-state index contributed by atoms with van der Waals surface area (Å²) in [6.45, 7) is 6.10. The summed E-state index contributed by atoms with van der Waals surface area (Å²) in [6.07, 6.45) is 7.24. The lowest BCUT2D eigenvalue weighted by Crippen LogP contribution is -2.12. The van der Waals surface area contributed by atoms with Crippen molar-refractivity contribution >= 4 is 0 Å². The summed E-state index contributed by atoms with van der Waals surface area (Å²) in [7, 11) is 2.02. The molecule has 1 rings (SSSR count). The lowest BCUT2D eigenvalue weighted by atomic mass is 10.1. The van der Waals surface area contributed by atoms with Crippen molar-refractivity contribution in [2.45, 2.75) is 13.3 Å². The van der Waals surface area contributed by atoms with Crippen LogP contribution in [-0.4, -0.2) is 11.9 Å². The number of likely N-dealkylation sites (N-methyl/N-ethyl adjacent to an activating group) is 1. The van der Waals surface area contributed by atoms with E-state index in [1.165, 1.54) is 5.57 Å². The molecule has 0 aromatic carbocycles. The lowest BCUT2D eigenvalue weighted by molar-refractivity contribution is 0.570. The van der Waals surface area contributed by atoms with Gasteiger partial charge in [0.2, 0.25) is 0 Å². The molecule has 0 unspecified atom stereocenters. The minimum absolute atomic E-state index is 1.06. The van der Waals surface area contributed by atoms with Crippen LogP contribution in [0.1, 0.15) is 13.3 Å². The molecule has 0 aromatic rings. The summed E-state index contributed by atoms with van der Waals surface area (Å²) in [5.74, 6) is 0. The van der Waals surface area contributed by atoms with Gasteiger partial charge in [0.15, 0.2) is 0 Å². The zero-order chi connectivity index (χ0) is 7.56. The Balaban J connectivity index is 2.82. The molecule has 0 aliphatic carbocycles. The van der Waals surface area contributed by atoms with Crippen molar-refractivity contribution in [1.29, 1.82) is 0 Å². The fraction of sp³-hybridized carbons (Fsp3) is 0.333. The molecule has 0 amide bonds. The Labute approximate surface area is 62.3 Å². The maximum absolute atomic E-state index is 3.95. The van der Waals surface area contributed by atoms with Gasteiger partial charge in [-0.3, -0.25) is 0 Å². The van der Waals surface area contributed by atoms with Gasteiger partial charge in [0.1, 0.15) is 0 Å². The third-order valence-corrected chi connectivity index (χ3v) is 1.78. The first-order valence-electron chi connectivity index (χ1n) is 3.55. The molecule has 0 fully saturated rings. The summed E-state index contributed by atoms with van der Waals surface area (Å²) < 4.78 is 0. The van der Waals surface area contributed by atoms with Gasteiger partial charge in [-0.15, -0.1) is 0 Å². The molecule has 0 radical (unpaired) electrons. The highest BCUT2D eigenvalue weighted by molar-refractivity contribution is 5.34. The summed E-state index contributed by atoms with van der Waals surface area (Å²) in [4.78, 5) is 2.04. The number of rotatable bonds is 1. The van der Waals surface area contributed by atoms with Crippen LogP contribution in [0.15, 0.2) is 36.2 Å². The number of nitrogens with zero attached hydrogens (tertiary/aromatic N) is 1. The molecule has 0 aromatic heterocycles. The van der Waals surface area contributed by atoms with Crippen LogP contribution < -0.4 is 0 Å². The average molecular weight is 135 g/mol. The third-order valence-electron chi connectivity index (χ3n) is 1.78. The van der Waals surface area contributed by atoms with Gasteiger partial charge in [0.25, 0.3) is 0 Å². The molecule has 0 spiro atoms. The van der Waals surface area contributed by atoms with Crippen LogP contribution in [0.4, 0.5) is 0 Å². The minimum atomic E-state index is 1.06. The molecule has 0 atom stereocenters. The van der Waals surface area contributed by atoms with E-state index in [0.717, 1.165) is 12.1 Å². The van der Waals surface area contributed by atoms with Crippen LogP contribution in [0.2, 0.25) is 0 Å². The van der Waals surface area contributed by atoms with Gasteiger partial charge in [-0.1, -0.05) is 19.6 Å². The second-order valence-electron chi connectivity index (χ2n) is 2.44. The standard InChI is InChI=1S/C9H13N/c1-4-9-6-5-7-10(3)8(9)2/h5-7H,2,4H2,1,3H3. The van der Waals surface area contributed by atoms with Crippen molar-refractivity contribution in [2.24, 2.45) is 0 Å². The monoisotopic (exact) mass is 135 g/mol. The van der Waals surface area contributed by atoms with E-state index in [2.05, 4.69) is 19.6 Å². The summed E-state index contributed by atoms with van der Waals surface area (Å²) in [5.41, 5.74) is 2.44. The molecule has 54 valence electrons. The highest BCUT2D eigenvalue weighted by Crippen LogP contribution is 2.18. The van der Waals surface area contributed by atoms with E-state index in [4.69, 9.17) is 0 Å². The Morgan fingerprint density at radius 3 is 2.80 bits per heavy atom. The second kappa shape index (κ2) is 2.74. The van der Waals surface area contributed by atoms with Crippen molar-refractivity contribution in [3.05, 3.63) is 36.2 Å². The van der Waals surface area contributed by atoms with E-state index in [0.29, 0.717) is 0 Å². The second-order valence-corrected chi connectivity index (χ2v) is 2.44. The molecule has 1 heteroatoms. The molecule has 0 saturated heterocycles. The van der Waals surface area contributed by atoms with Gasteiger partial charge in [0.05, 0.1) is 0 Å². The first-order valence-corrected chi connectivity index (χ1v) is 3.55. The van der Waals surface area contributed by atoms with Crippen LogP contribution in [0, 0.1) is 0 Å². The molecule has 10 heavy (non-hydrogen) atoms. The quantitative estimate of drug-likeness (QED) is 0.533. The first-order chi connectivity index (χ1) is 4.75. The zero-order valence-electron chi connectivity index (χ0n) is 6.59. The number of hydrogen-bond donors (Lipinski definition) is 0. The maximum atomic E-state index is 3.95. The van der Waals surface area contributed by atoms with Gasteiger partial charge in [-0.05, 0) is 18.1 Å². The SMILES string of the molecule is C=C1C(CC)=CC=CN1C. The molecule has 0 bridgehead atoms. The Morgan fingerprint density at radius 1 is 1.60 bits per heavy atom. The molecular formula is C9H13N. The van der Waals surface area contributed by atoms with Crippen molar-refractivity contribution in [2.75, 3.05) is 7.05 Å². The molecule has 0 N–H and O–H groups in total. The normalized spacial score (nSPS) is 17.6. The predicted octanol–water partition coefficient (Wildman–Crippen LogP) is 2.30. The average Bonchev–Trinajstić information content (AvgIpc) is 1.95. The maximum Gasteiger partial charge on any atom is 0.0362 e. The van der Waals surface area contributed by atoms with Crippen LogP contribution in [0.5, 0.6) is 0 Å². The van der Waals surface area contributed by atoms with Gasteiger partial charge in [-0.2, -0.15) is 0 Å². The number of allylic oxidation sites excluding steroid dienone is 3. The van der Waals surface area contributed by atoms with Crippen molar-refractivity contribution in [1.82, 2.24) is 4.90 Å². The van der Waals surface area contributed by atoms with E-state index in [1.807, 2.05) is 24.2 Å². The minimum Gasteiger partial charge on any atom is -0.351 e. The van der Waals surface area contributed by atoms with Crippen LogP contribution in [0.3, 0.4) is 0 Å². The summed E-state index contributed by atoms with van der Waals surface area (Å²) in [5, 5.41) is 0. The van der Waals surface area contributed by atoms with E-state index in [9.17, 15) is 0 Å². The van der Waals surface area contributed by atoms with Crippen LogP contribution in [-0.2, 0) is 0 Å². The lowest BCUT2D eigenvalue weighted by Gasteiger charge is -2.21. The largest absolute Gasteiger partial charge is 0.351 e. The molecule has 1 aliphatic rings. The van der Waals surface area contributed by atoms with E-state index in [1.54, 1.807) is 0 Å². The van der Waals surface area contributed by atoms with E-state index in [-0.39, 0.29) is 0 Å². The fourth-order valence-electron chi connectivity index (χ4n) is 1.02. The number of hydrogen-bond acceptors (Lipinski definition) is 1. The van der Waals surface area contributed by atoms with Crippen molar-refractivity contribution in [3.63, 3.8) is 0 Å². The van der Waals surface area contributed by atoms with E-state index < -0.39 is 0 Å². The Kier molecular flexibility index (Phi) is 1.95. The third kappa shape index (κ3) is 1.13. The van der Waals surface area contributed by atoms with Gasteiger partial charge in [-0.25, -0.2) is 0 Å². The Bertz CT molecular complexity index is 199. The predicted molar refractivity (Wildman–Crippen MR) is 44.4 cm³/mol. The Morgan fingerprint density at radius 2 is 2.30 bits per heavy atom. The molecular weight excluding hydrogens is 122 g/mol. The summed E-state index contributed by atoms with van der Waals surface area (Å²) in [6, 6.07) is 0. The van der Waals surface area contributed by atoms with Gasteiger partial charge in [0, 0.05) is 18.9 Å². The highest BCUT2D eigenvalue weighted by atomic mass is 15.1. The topological polar surface area (TPSA) is 3.24 Å². The van der Waals surface area contributed by atoms with Gasteiger partial charge >= 0.3 is 0 Å². The first kappa shape index (κ1) is 7.13. The fourth-order valence-corrected chi connectivity index (χ4v) is 1.02.